The zero-order valence-electron chi connectivity index (χ0n) is 7.82. The molecule has 2 N–H and O–H groups in total. The third-order valence-electron chi connectivity index (χ3n) is 1.83. The Bertz CT molecular complexity index is 398. The van der Waals surface area contributed by atoms with Gasteiger partial charge in [0, 0.05) is 36.1 Å². The summed E-state index contributed by atoms with van der Waals surface area (Å²) in [5.74, 6) is 0.866. The SMILES string of the molecule is CNc1cc(Nc2ccsc2)ccn1. The Kier molecular flexibility index (Phi) is 2.65. The van der Waals surface area contributed by atoms with E-state index in [4.69, 9.17) is 0 Å². The number of pyridine rings is 1. The van der Waals surface area contributed by atoms with Crippen molar-refractivity contribution in [3.63, 3.8) is 0 Å². The molecular formula is C10H11N3S. The first kappa shape index (κ1) is 9.02. The van der Waals surface area contributed by atoms with Crippen molar-refractivity contribution in [2.75, 3.05) is 17.7 Å². The molecule has 0 aliphatic rings. The summed E-state index contributed by atoms with van der Waals surface area (Å²) in [4.78, 5) is 4.14. The highest BCUT2D eigenvalue weighted by Gasteiger charge is 1.96. The lowest BCUT2D eigenvalue weighted by atomic mass is 10.3. The van der Waals surface area contributed by atoms with Crippen molar-refractivity contribution in [2.24, 2.45) is 0 Å². The molecule has 0 unspecified atom stereocenters. The summed E-state index contributed by atoms with van der Waals surface area (Å²) in [5, 5.41) is 10.4. The minimum absolute atomic E-state index is 0.866. The maximum absolute atomic E-state index is 4.14. The van der Waals surface area contributed by atoms with Crippen molar-refractivity contribution < 1.29 is 0 Å². The summed E-state index contributed by atoms with van der Waals surface area (Å²) in [7, 11) is 1.86. The third kappa shape index (κ3) is 2.03. The van der Waals surface area contributed by atoms with Crippen molar-refractivity contribution in [2.45, 2.75) is 0 Å². The lowest BCUT2D eigenvalue weighted by Crippen LogP contribution is -1.94. The molecule has 4 heteroatoms. The Morgan fingerprint density at radius 3 is 2.93 bits per heavy atom. The van der Waals surface area contributed by atoms with E-state index in [1.54, 1.807) is 17.5 Å². The highest BCUT2D eigenvalue weighted by Crippen LogP contribution is 2.20. The number of nitrogens with one attached hydrogen (secondary N) is 2. The smallest absolute Gasteiger partial charge is 0.127 e. The van der Waals surface area contributed by atoms with Gasteiger partial charge in [-0.05, 0) is 17.5 Å². The molecule has 0 fully saturated rings. The average Bonchev–Trinajstić information content (AvgIpc) is 2.71. The summed E-state index contributed by atoms with van der Waals surface area (Å²) in [6.07, 6.45) is 1.78. The van der Waals surface area contributed by atoms with Gasteiger partial charge in [0.15, 0.2) is 0 Å². The van der Waals surface area contributed by atoms with Crippen LogP contribution in [0, 0.1) is 0 Å². The second-order valence-electron chi connectivity index (χ2n) is 2.82. The number of hydrogen-bond acceptors (Lipinski definition) is 4. The maximum Gasteiger partial charge on any atom is 0.127 e. The minimum atomic E-state index is 0.866. The van der Waals surface area contributed by atoms with Crippen LogP contribution in [0.4, 0.5) is 17.2 Å². The van der Waals surface area contributed by atoms with Gasteiger partial charge >= 0.3 is 0 Å². The van der Waals surface area contributed by atoms with Crippen LogP contribution in [0.2, 0.25) is 0 Å². The summed E-state index contributed by atoms with van der Waals surface area (Å²) in [6.45, 7) is 0. The van der Waals surface area contributed by atoms with Gasteiger partial charge in [-0.1, -0.05) is 0 Å². The molecular weight excluding hydrogens is 194 g/mol. The van der Waals surface area contributed by atoms with Crippen LogP contribution in [-0.2, 0) is 0 Å². The molecule has 14 heavy (non-hydrogen) atoms. The van der Waals surface area contributed by atoms with Crippen LogP contribution < -0.4 is 10.6 Å². The molecule has 2 rings (SSSR count). The minimum Gasteiger partial charge on any atom is -0.373 e. The zero-order chi connectivity index (χ0) is 9.80. The third-order valence-corrected chi connectivity index (χ3v) is 2.51. The van der Waals surface area contributed by atoms with E-state index in [1.807, 2.05) is 30.6 Å². The predicted octanol–water partition coefficient (Wildman–Crippen LogP) is 2.93. The summed E-state index contributed by atoms with van der Waals surface area (Å²) in [5.41, 5.74) is 2.16. The molecule has 0 aromatic carbocycles. The normalized spacial score (nSPS) is 9.79. The lowest BCUT2D eigenvalue weighted by molar-refractivity contribution is 1.29. The highest BCUT2D eigenvalue weighted by molar-refractivity contribution is 7.08. The molecule has 0 aliphatic carbocycles. The first-order valence-corrected chi connectivity index (χ1v) is 5.26. The van der Waals surface area contributed by atoms with Gasteiger partial charge in [-0.25, -0.2) is 4.98 Å². The van der Waals surface area contributed by atoms with Crippen LogP contribution in [0.15, 0.2) is 35.2 Å². The monoisotopic (exact) mass is 205 g/mol. The fraction of sp³-hybridized carbons (Fsp3) is 0.100. The first-order chi connectivity index (χ1) is 6.88. The van der Waals surface area contributed by atoms with Crippen LogP contribution in [-0.4, -0.2) is 12.0 Å². The maximum atomic E-state index is 4.14. The quantitative estimate of drug-likeness (QED) is 0.809. The van der Waals surface area contributed by atoms with Gasteiger partial charge in [-0.3, -0.25) is 0 Å². The molecule has 0 bridgehead atoms. The Labute approximate surface area is 86.8 Å². The number of anilines is 3. The van der Waals surface area contributed by atoms with E-state index < -0.39 is 0 Å². The van der Waals surface area contributed by atoms with Gasteiger partial charge in [-0.15, -0.1) is 0 Å². The van der Waals surface area contributed by atoms with Crippen LogP contribution in [0.25, 0.3) is 0 Å². The molecule has 3 nitrogen and oxygen atoms in total. The predicted molar refractivity (Wildman–Crippen MR) is 61.4 cm³/mol. The van der Waals surface area contributed by atoms with E-state index in [-0.39, 0.29) is 0 Å². The number of hydrogen-bond donors (Lipinski definition) is 2. The summed E-state index contributed by atoms with van der Waals surface area (Å²) < 4.78 is 0. The first-order valence-electron chi connectivity index (χ1n) is 4.31. The van der Waals surface area contributed by atoms with E-state index in [1.165, 1.54) is 0 Å². The van der Waals surface area contributed by atoms with E-state index in [2.05, 4.69) is 21.0 Å². The van der Waals surface area contributed by atoms with Crippen LogP contribution in [0.3, 0.4) is 0 Å². The molecule has 2 aromatic rings. The number of aromatic nitrogens is 1. The molecule has 72 valence electrons. The average molecular weight is 205 g/mol. The fourth-order valence-electron chi connectivity index (χ4n) is 1.15. The van der Waals surface area contributed by atoms with Gasteiger partial charge in [-0.2, -0.15) is 11.3 Å². The van der Waals surface area contributed by atoms with Gasteiger partial charge in [0.1, 0.15) is 5.82 Å². The molecule has 0 radical (unpaired) electrons. The van der Waals surface area contributed by atoms with Gasteiger partial charge < -0.3 is 10.6 Å². The second kappa shape index (κ2) is 4.11. The van der Waals surface area contributed by atoms with E-state index in [9.17, 15) is 0 Å². The van der Waals surface area contributed by atoms with Gasteiger partial charge in [0.25, 0.3) is 0 Å². The van der Waals surface area contributed by atoms with Crippen LogP contribution in [0.1, 0.15) is 0 Å². The van der Waals surface area contributed by atoms with Crippen molar-refractivity contribution >= 4 is 28.5 Å². The summed E-state index contributed by atoms with van der Waals surface area (Å²) >= 11 is 1.68. The number of nitrogens with zero attached hydrogens (tertiary/aromatic N) is 1. The molecule has 2 aromatic heterocycles. The second-order valence-corrected chi connectivity index (χ2v) is 3.60. The van der Waals surface area contributed by atoms with Crippen molar-refractivity contribution in [1.29, 1.82) is 0 Å². The molecule has 0 saturated heterocycles. The van der Waals surface area contributed by atoms with Crippen molar-refractivity contribution in [3.05, 3.63) is 35.2 Å². The largest absolute Gasteiger partial charge is 0.373 e. The summed E-state index contributed by atoms with van der Waals surface area (Å²) in [6, 6.07) is 5.96. The Morgan fingerprint density at radius 2 is 2.21 bits per heavy atom. The molecule has 0 saturated carbocycles. The molecule has 0 aliphatic heterocycles. The Hall–Kier alpha value is -1.55. The van der Waals surface area contributed by atoms with Gasteiger partial charge in [0.05, 0.1) is 0 Å². The van der Waals surface area contributed by atoms with E-state index in [0.717, 1.165) is 17.2 Å². The van der Waals surface area contributed by atoms with Crippen LogP contribution in [0.5, 0.6) is 0 Å². The van der Waals surface area contributed by atoms with Crippen LogP contribution >= 0.6 is 11.3 Å². The fourth-order valence-corrected chi connectivity index (χ4v) is 1.74. The van der Waals surface area contributed by atoms with E-state index >= 15 is 0 Å². The van der Waals surface area contributed by atoms with Crippen molar-refractivity contribution in [1.82, 2.24) is 4.98 Å². The van der Waals surface area contributed by atoms with Crippen molar-refractivity contribution in [3.8, 4) is 0 Å². The topological polar surface area (TPSA) is 37.0 Å². The molecule has 0 spiro atoms. The van der Waals surface area contributed by atoms with E-state index in [0.29, 0.717) is 0 Å². The molecule has 2 heterocycles. The Balaban J connectivity index is 2.17. The highest BCUT2D eigenvalue weighted by atomic mass is 32.1. The standard InChI is InChI=1S/C10H11N3S/c1-11-10-6-8(2-4-12-10)13-9-3-5-14-7-9/h2-7H,1H3,(H2,11,12,13). The van der Waals surface area contributed by atoms with Gasteiger partial charge in [0.2, 0.25) is 0 Å². The zero-order valence-corrected chi connectivity index (χ0v) is 8.64. The number of rotatable bonds is 3. The molecule has 0 amide bonds. The lowest BCUT2D eigenvalue weighted by Gasteiger charge is -2.05. The Morgan fingerprint density at radius 1 is 1.29 bits per heavy atom. The molecule has 0 atom stereocenters. The number of thiophene rings is 1.